The fraction of sp³-hybridized carbons (Fsp3) is 0.238. The van der Waals surface area contributed by atoms with Crippen molar-refractivity contribution in [3.8, 4) is 11.5 Å². The molecule has 138 valence electrons. The van der Waals surface area contributed by atoms with Gasteiger partial charge in [0.1, 0.15) is 29.0 Å². The van der Waals surface area contributed by atoms with Gasteiger partial charge in [-0.1, -0.05) is 18.2 Å². The number of methoxy groups -OCH3 is 2. The molecule has 1 N–H and O–H groups in total. The highest BCUT2D eigenvalue weighted by Gasteiger charge is 2.21. The van der Waals surface area contributed by atoms with E-state index < -0.39 is 0 Å². The Morgan fingerprint density at radius 3 is 2.67 bits per heavy atom. The molecule has 0 bridgehead atoms. The number of aryl methyl sites for hydroxylation is 1. The molecule has 3 aromatic rings. The maximum Gasteiger partial charge on any atom is 0.146 e. The molecule has 0 aliphatic carbocycles. The van der Waals surface area contributed by atoms with E-state index in [1.165, 1.54) is 11.3 Å². The van der Waals surface area contributed by atoms with Gasteiger partial charge in [-0.25, -0.2) is 9.97 Å². The second-order valence-electron chi connectivity index (χ2n) is 6.38. The van der Waals surface area contributed by atoms with E-state index in [4.69, 9.17) is 9.47 Å². The summed E-state index contributed by atoms with van der Waals surface area (Å²) in [5.41, 5.74) is 3.38. The van der Waals surface area contributed by atoms with Crippen molar-refractivity contribution in [2.75, 3.05) is 31.0 Å². The Balaban J connectivity index is 1.66. The molecule has 0 unspecified atom stereocenters. The Bertz CT molecular complexity index is 974. The number of aromatic nitrogens is 2. The molecule has 0 saturated carbocycles. The number of hydrogen-bond acceptors (Lipinski definition) is 6. The van der Waals surface area contributed by atoms with Gasteiger partial charge in [-0.15, -0.1) is 0 Å². The topological polar surface area (TPSA) is 59.5 Å². The number of hydrogen-bond donors (Lipinski definition) is 1. The summed E-state index contributed by atoms with van der Waals surface area (Å²) in [6.45, 7) is 2.82. The first kappa shape index (κ1) is 17.1. The lowest BCUT2D eigenvalue weighted by Gasteiger charge is -2.20. The van der Waals surface area contributed by atoms with Crippen LogP contribution >= 0.6 is 0 Å². The third-order valence-corrected chi connectivity index (χ3v) is 4.66. The van der Waals surface area contributed by atoms with Crippen molar-refractivity contribution in [3.63, 3.8) is 0 Å². The van der Waals surface area contributed by atoms with Crippen molar-refractivity contribution in [2.24, 2.45) is 0 Å². The fourth-order valence-electron chi connectivity index (χ4n) is 3.37. The summed E-state index contributed by atoms with van der Waals surface area (Å²) in [5.74, 6) is 3.77. The molecular formula is C21H22N4O2. The van der Waals surface area contributed by atoms with Gasteiger partial charge in [0.05, 0.1) is 19.9 Å². The molecule has 1 aliphatic rings. The van der Waals surface area contributed by atoms with Crippen LogP contribution in [0.2, 0.25) is 0 Å². The molecule has 0 fully saturated rings. The van der Waals surface area contributed by atoms with E-state index in [0.717, 1.165) is 36.0 Å². The van der Waals surface area contributed by atoms with Gasteiger partial charge in [0.15, 0.2) is 0 Å². The van der Waals surface area contributed by atoms with Crippen LogP contribution in [0.3, 0.4) is 0 Å². The number of ether oxygens (including phenoxy) is 2. The molecule has 2 aromatic carbocycles. The number of nitrogens with zero attached hydrogens (tertiary/aromatic N) is 3. The lowest BCUT2D eigenvalue weighted by molar-refractivity contribution is 0.395. The Hall–Kier alpha value is -3.28. The number of fused-ring (bicyclic) bond motifs is 1. The summed E-state index contributed by atoms with van der Waals surface area (Å²) in [7, 11) is 3.27. The van der Waals surface area contributed by atoms with Crippen LogP contribution in [0.5, 0.6) is 11.5 Å². The van der Waals surface area contributed by atoms with Crippen molar-refractivity contribution in [1.29, 1.82) is 0 Å². The second kappa shape index (κ2) is 7.15. The van der Waals surface area contributed by atoms with E-state index in [1.54, 1.807) is 14.2 Å². The summed E-state index contributed by atoms with van der Waals surface area (Å²) < 4.78 is 10.7. The predicted octanol–water partition coefficient (Wildman–Crippen LogP) is 4.24. The monoisotopic (exact) mass is 362 g/mol. The average molecular weight is 362 g/mol. The zero-order chi connectivity index (χ0) is 18.8. The van der Waals surface area contributed by atoms with Gasteiger partial charge in [-0.05, 0) is 37.1 Å². The largest absolute Gasteiger partial charge is 0.497 e. The standard InChI is InChI=1S/C21H22N4O2/c1-14-22-20(24-17-9-8-16(26-2)12-19(17)27-3)13-21(23-14)25-11-10-15-6-4-5-7-18(15)25/h4-9,12-13H,10-11H2,1-3H3,(H,22,23,24). The average Bonchev–Trinajstić information content (AvgIpc) is 3.12. The summed E-state index contributed by atoms with van der Waals surface area (Å²) in [4.78, 5) is 11.4. The van der Waals surface area contributed by atoms with Crippen LogP contribution in [0, 0.1) is 6.92 Å². The number of benzene rings is 2. The summed E-state index contributed by atoms with van der Waals surface area (Å²) in [6, 6.07) is 16.1. The highest BCUT2D eigenvalue weighted by Crippen LogP contribution is 2.35. The normalized spacial score (nSPS) is 12.6. The summed E-state index contributed by atoms with van der Waals surface area (Å²) in [5, 5.41) is 3.35. The number of nitrogens with one attached hydrogen (secondary N) is 1. The van der Waals surface area contributed by atoms with Gasteiger partial charge < -0.3 is 19.7 Å². The predicted molar refractivity (Wildman–Crippen MR) is 107 cm³/mol. The van der Waals surface area contributed by atoms with E-state index >= 15 is 0 Å². The van der Waals surface area contributed by atoms with Crippen LogP contribution in [0.15, 0.2) is 48.5 Å². The van der Waals surface area contributed by atoms with Crippen LogP contribution in [0.1, 0.15) is 11.4 Å². The first-order valence-corrected chi connectivity index (χ1v) is 8.88. The van der Waals surface area contributed by atoms with Gasteiger partial charge in [-0.3, -0.25) is 0 Å². The first-order chi connectivity index (χ1) is 13.2. The van der Waals surface area contributed by atoms with Crippen molar-refractivity contribution in [2.45, 2.75) is 13.3 Å². The van der Waals surface area contributed by atoms with Gasteiger partial charge >= 0.3 is 0 Å². The SMILES string of the molecule is COc1ccc(Nc2cc(N3CCc4ccccc43)nc(C)n2)c(OC)c1. The molecule has 6 nitrogen and oxygen atoms in total. The minimum absolute atomic E-state index is 0.693. The van der Waals surface area contributed by atoms with E-state index in [-0.39, 0.29) is 0 Å². The van der Waals surface area contributed by atoms with Crippen LogP contribution in [-0.4, -0.2) is 30.7 Å². The number of para-hydroxylation sites is 1. The molecule has 6 heteroatoms. The quantitative estimate of drug-likeness (QED) is 0.733. The van der Waals surface area contributed by atoms with Crippen LogP contribution < -0.4 is 19.7 Å². The fourth-order valence-corrected chi connectivity index (χ4v) is 3.37. The minimum Gasteiger partial charge on any atom is -0.497 e. The van der Waals surface area contributed by atoms with Crippen LogP contribution in [-0.2, 0) is 6.42 Å². The molecule has 27 heavy (non-hydrogen) atoms. The third kappa shape index (κ3) is 3.38. The van der Waals surface area contributed by atoms with Crippen LogP contribution in [0.25, 0.3) is 0 Å². The lowest BCUT2D eigenvalue weighted by Crippen LogP contribution is -2.16. The molecule has 1 aromatic heterocycles. The van der Waals surface area contributed by atoms with Gasteiger partial charge in [-0.2, -0.15) is 0 Å². The molecule has 1 aliphatic heterocycles. The summed E-state index contributed by atoms with van der Waals surface area (Å²) in [6.07, 6.45) is 1.02. The zero-order valence-electron chi connectivity index (χ0n) is 15.7. The Morgan fingerprint density at radius 2 is 1.85 bits per heavy atom. The minimum atomic E-state index is 0.693. The Morgan fingerprint density at radius 1 is 1.00 bits per heavy atom. The highest BCUT2D eigenvalue weighted by atomic mass is 16.5. The Labute approximate surface area is 158 Å². The number of anilines is 4. The van der Waals surface area contributed by atoms with E-state index in [9.17, 15) is 0 Å². The van der Waals surface area contributed by atoms with Crippen molar-refractivity contribution >= 4 is 23.0 Å². The van der Waals surface area contributed by atoms with Crippen molar-refractivity contribution in [1.82, 2.24) is 9.97 Å². The molecule has 0 amide bonds. The molecule has 2 heterocycles. The number of rotatable bonds is 5. The van der Waals surface area contributed by atoms with Gasteiger partial charge in [0.2, 0.25) is 0 Å². The molecule has 0 saturated heterocycles. The lowest BCUT2D eigenvalue weighted by atomic mass is 10.2. The first-order valence-electron chi connectivity index (χ1n) is 8.88. The van der Waals surface area contributed by atoms with Crippen LogP contribution in [0.4, 0.5) is 23.0 Å². The molecule has 0 spiro atoms. The highest BCUT2D eigenvalue weighted by molar-refractivity contribution is 5.71. The third-order valence-electron chi connectivity index (χ3n) is 4.66. The zero-order valence-corrected chi connectivity index (χ0v) is 15.7. The Kier molecular flexibility index (Phi) is 4.54. The van der Waals surface area contributed by atoms with Crippen molar-refractivity contribution in [3.05, 3.63) is 59.9 Å². The molecular weight excluding hydrogens is 340 g/mol. The van der Waals surface area contributed by atoms with E-state index in [2.05, 4.69) is 44.5 Å². The smallest absolute Gasteiger partial charge is 0.146 e. The maximum atomic E-state index is 5.47. The van der Waals surface area contributed by atoms with E-state index in [1.807, 2.05) is 31.2 Å². The molecule has 0 radical (unpaired) electrons. The van der Waals surface area contributed by atoms with Gasteiger partial charge in [0.25, 0.3) is 0 Å². The molecule has 4 rings (SSSR count). The second-order valence-corrected chi connectivity index (χ2v) is 6.38. The maximum absolute atomic E-state index is 5.47. The van der Waals surface area contributed by atoms with E-state index in [0.29, 0.717) is 11.6 Å². The molecule has 0 atom stereocenters. The summed E-state index contributed by atoms with van der Waals surface area (Å²) >= 11 is 0. The van der Waals surface area contributed by atoms with Crippen molar-refractivity contribution < 1.29 is 9.47 Å². The van der Waals surface area contributed by atoms with Gasteiger partial charge in [0, 0.05) is 24.4 Å².